The molecule has 0 heterocycles. The number of methoxy groups -OCH3 is 1. The first kappa shape index (κ1) is 23.8. The first-order valence-corrected chi connectivity index (χ1v) is 9.96. The van der Waals surface area contributed by atoms with E-state index in [2.05, 4.69) is 12.8 Å². The third-order valence-corrected chi connectivity index (χ3v) is 4.45. The van der Waals surface area contributed by atoms with Crippen LogP contribution in [0.25, 0.3) is 0 Å². The third kappa shape index (κ3) is 12.8. The normalized spacial score (nSPS) is 13.0. The monoisotopic (exact) mass is 354 g/mol. The second kappa shape index (κ2) is 16.3. The summed E-state index contributed by atoms with van der Waals surface area (Å²) >= 11 is 0. The highest BCUT2D eigenvalue weighted by atomic mass is 16.7. The SMILES string of the molecule is C#CC(CCC)(COC(=O)OCCCCCCCCCCCC)OC. The zero-order chi connectivity index (χ0) is 18.8. The van der Waals surface area contributed by atoms with Crippen molar-refractivity contribution in [3.8, 4) is 12.3 Å². The molecule has 0 saturated carbocycles. The van der Waals surface area contributed by atoms with Crippen LogP contribution in [-0.4, -0.2) is 32.1 Å². The Morgan fingerprint density at radius 3 is 1.92 bits per heavy atom. The molecule has 0 fully saturated rings. The molecule has 1 atom stereocenters. The summed E-state index contributed by atoms with van der Waals surface area (Å²) in [6, 6.07) is 0. The predicted octanol–water partition coefficient (Wildman–Crippen LogP) is 5.88. The van der Waals surface area contributed by atoms with Crippen LogP contribution in [0.5, 0.6) is 0 Å². The second-order valence-corrected chi connectivity index (χ2v) is 6.66. The number of carbonyl (C=O) groups is 1. The lowest BCUT2D eigenvalue weighted by molar-refractivity contribution is -0.0378. The van der Waals surface area contributed by atoms with Gasteiger partial charge in [0.25, 0.3) is 0 Å². The van der Waals surface area contributed by atoms with Crippen LogP contribution in [0.4, 0.5) is 4.79 Å². The Kier molecular flexibility index (Phi) is 15.5. The lowest BCUT2D eigenvalue weighted by Crippen LogP contribution is -2.36. The fourth-order valence-corrected chi connectivity index (χ4v) is 2.77. The van der Waals surface area contributed by atoms with Gasteiger partial charge in [0.1, 0.15) is 6.61 Å². The number of ether oxygens (including phenoxy) is 3. The van der Waals surface area contributed by atoms with Crippen molar-refractivity contribution in [2.45, 2.75) is 96.5 Å². The van der Waals surface area contributed by atoms with E-state index in [0.717, 1.165) is 19.3 Å². The van der Waals surface area contributed by atoms with Gasteiger partial charge in [-0.1, -0.05) is 84.0 Å². The van der Waals surface area contributed by atoms with Crippen molar-refractivity contribution in [1.82, 2.24) is 0 Å². The molecule has 0 aliphatic carbocycles. The van der Waals surface area contributed by atoms with Crippen molar-refractivity contribution >= 4 is 6.16 Å². The topological polar surface area (TPSA) is 44.8 Å². The molecule has 0 aliphatic heterocycles. The lowest BCUT2D eigenvalue weighted by atomic mass is 10.0. The first-order chi connectivity index (χ1) is 12.1. The van der Waals surface area contributed by atoms with Crippen LogP contribution in [-0.2, 0) is 14.2 Å². The number of carbonyl (C=O) groups excluding carboxylic acids is 1. The molecule has 4 heteroatoms. The Bertz CT molecular complexity index is 361. The van der Waals surface area contributed by atoms with Crippen molar-refractivity contribution in [2.24, 2.45) is 0 Å². The summed E-state index contributed by atoms with van der Waals surface area (Å²) in [6.45, 7) is 4.69. The molecule has 0 aromatic carbocycles. The summed E-state index contributed by atoms with van der Waals surface area (Å²) in [5.41, 5.74) is -0.842. The van der Waals surface area contributed by atoms with Crippen molar-refractivity contribution in [3.05, 3.63) is 0 Å². The quantitative estimate of drug-likeness (QED) is 0.197. The molecule has 0 aromatic heterocycles. The summed E-state index contributed by atoms with van der Waals surface area (Å²) in [5.74, 6) is 2.58. The van der Waals surface area contributed by atoms with E-state index in [-0.39, 0.29) is 6.61 Å². The maximum atomic E-state index is 11.6. The first-order valence-electron chi connectivity index (χ1n) is 9.96. The van der Waals surface area contributed by atoms with Gasteiger partial charge in [-0.2, -0.15) is 0 Å². The van der Waals surface area contributed by atoms with Gasteiger partial charge in [0.05, 0.1) is 6.61 Å². The van der Waals surface area contributed by atoms with E-state index in [9.17, 15) is 4.79 Å². The molecule has 4 nitrogen and oxygen atoms in total. The van der Waals surface area contributed by atoms with Gasteiger partial charge >= 0.3 is 6.16 Å². The molecule has 0 rings (SSSR count). The molecule has 1 unspecified atom stereocenters. The Morgan fingerprint density at radius 2 is 1.44 bits per heavy atom. The molecule has 0 bridgehead atoms. The molecular formula is C21H38O4. The standard InChI is InChI=1S/C21H38O4/c1-5-8-9-10-11-12-13-14-15-16-18-24-20(22)25-19-21(7-3,23-4)17-6-2/h3H,5-6,8-19H2,1-2,4H3. The highest BCUT2D eigenvalue weighted by Gasteiger charge is 2.28. The predicted molar refractivity (Wildman–Crippen MR) is 103 cm³/mol. The number of hydrogen-bond donors (Lipinski definition) is 0. The Hall–Kier alpha value is -1.21. The van der Waals surface area contributed by atoms with Gasteiger partial charge < -0.3 is 14.2 Å². The van der Waals surface area contributed by atoms with E-state index < -0.39 is 11.8 Å². The van der Waals surface area contributed by atoms with Gasteiger partial charge in [-0.3, -0.25) is 0 Å². The summed E-state index contributed by atoms with van der Waals surface area (Å²) in [6.07, 6.45) is 18.8. The van der Waals surface area contributed by atoms with Crippen LogP contribution in [0.3, 0.4) is 0 Å². The molecule has 0 spiro atoms. The average Bonchev–Trinajstić information content (AvgIpc) is 2.63. The van der Waals surface area contributed by atoms with E-state index in [1.165, 1.54) is 58.5 Å². The number of rotatable bonds is 16. The van der Waals surface area contributed by atoms with Gasteiger partial charge in [-0.25, -0.2) is 4.79 Å². The largest absolute Gasteiger partial charge is 0.508 e. The van der Waals surface area contributed by atoms with E-state index in [4.69, 9.17) is 20.6 Å². The van der Waals surface area contributed by atoms with E-state index in [0.29, 0.717) is 13.0 Å². The number of unbranched alkanes of at least 4 members (excludes halogenated alkanes) is 9. The molecule has 25 heavy (non-hydrogen) atoms. The minimum absolute atomic E-state index is 0.0324. The minimum Gasteiger partial charge on any atom is -0.434 e. The molecule has 0 saturated heterocycles. The van der Waals surface area contributed by atoms with Crippen LogP contribution in [0, 0.1) is 12.3 Å². The number of terminal acetylenes is 1. The zero-order valence-corrected chi connectivity index (χ0v) is 16.6. The van der Waals surface area contributed by atoms with Crippen molar-refractivity contribution in [2.75, 3.05) is 20.3 Å². The molecule has 0 radical (unpaired) electrons. The molecule has 0 N–H and O–H groups in total. The van der Waals surface area contributed by atoms with Gasteiger partial charge in [-0.15, -0.1) is 6.42 Å². The Labute approximate surface area is 155 Å². The maximum Gasteiger partial charge on any atom is 0.508 e. The fourth-order valence-electron chi connectivity index (χ4n) is 2.77. The van der Waals surface area contributed by atoms with E-state index in [1.54, 1.807) is 0 Å². The van der Waals surface area contributed by atoms with Crippen LogP contribution in [0.15, 0.2) is 0 Å². The van der Waals surface area contributed by atoms with Crippen LogP contribution in [0.1, 0.15) is 90.9 Å². The zero-order valence-electron chi connectivity index (χ0n) is 16.6. The van der Waals surface area contributed by atoms with Gasteiger partial charge in [0.2, 0.25) is 0 Å². The summed E-state index contributed by atoms with van der Waals surface area (Å²) in [4.78, 5) is 11.6. The second-order valence-electron chi connectivity index (χ2n) is 6.66. The molecule has 0 amide bonds. The van der Waals surface area contributed by atoms with Crippen LogP contribution >= 0.6 is 0 Å². The van der Waals surface area contributed by atoms with Crippen molar-refractivity contribution in [3.63, 3.8) is 0 Å². The van der Waals surface area contributed by atoms with E-state index >= 15 is 0 Å². The molecule has 0 aromatic rings. The smallest absolute Gasteiger partial charge is 0.434 e. The minimum atomic E-state index is -0.842. The molecular weight excluding hydrogens is 316 g/mol. The van der Waals surface area contributed by atoms with Crippen LogP contribution in [0.2, 0.25) is 0 Å². The third-order valence-electron chi connectivity index (χ3n) is 4.45. The van der Waals surface area contributed by atoms with Crippen molar-refractivity contribution < 1.29 is 19.0 Å². The highest BCUT2D eigenvalue weighted by molar-refractivity contribution is 5.59. The number of hydrogen-bond acceptors (Lipinski definition) is 4. The van der Waals surface area contributed by atoms with Crippen molar-refractivity contribution in [1.29, 1.82) is 0 Å². The maximum absolute atomic E-state index is 11.6. The summed E-state index contributed by atoms with van der Waals surface area (Å²) in [5, 5.41) is 0. The Morgan fingerprint density at radius 1 is 0.880 bits per heavy atom. The lowest BCUT2D eigenvalue weighted by Gasteiger charge is -2.25. The van der Waals surface area contributed by atoms with Gasteiger partial charge in [0, 0.05) is 7.11 Å². The molecule has 146 valence electrons. The van der Waals surface area contributed by atoms with Gasteiger partial charge in [0.15, 0.2) is 5.60 Å². The highest BCUT2D eigenvalue weighted by Crippen LogP contribution is 2.17. The van der Waals surface area contributed by atoms with E-state index in [1.807, 2.05) is 6.92 Å². The van der Waals surface area contributed by atoms with Gasteiger partial charge in [-0.05, 0) is 12.8 Å². The Balaban J connectivity index is 3.57. The summed E-state index contributed by atoms with van der Waals surface area (Å²) in [7, 11) is 1.54. The van der Waals surface area contributed by atoms with Crippen LogP contribution < -0.4 is 0 Å². The molecule has 0 aliphatic rings. The average molecular weight is 355 g/mol. The fraction of sp³-hybridized carbons (Fsp3) is 0.857. The summed E-state index contributed by atoms with van der Waals surface area (Å²) < 4.78 is 15.5.